The van der Waals surface area contributed by atoms with Gasteiger partial charge in [0.2, 0.25) is 0 Å². The van der Waals surface area contributed by atoms with E-state index in [9.17, 15) is 8.42 Å². The van der Waals surface area contributed by atoms with Crippen molar-refractivity contribution in [2.45, 2.75) is 18.4 Å². The summed E-state index contributed by atoms with van der Waals surface area (Å²) in [5.41, 5.74) is 0.525. The van der Waals surface area contributed by atoms with Gasteiger partial charge in [0.15, 0.2) is 5.13 Å². The minimum atomic E-state index is -3.71. The molecule has 1 fully saturated rings. The average molecular weight is 388 g/mol. The zero-order valence-electron chi connectivity index (χ0n) is 13.2. The Kier molecular flexibility index (Phi) is 5.41. The molecule has 0 spiro atoms. The molecule has 1 aromatic heterocycles. The van der Waals surface area contributed by atoms with Crippen LogP contribution in [0.5, 0.6) is 0 Å². The minimum absolute atomic E-state index is 0.167. The predicted molar refractivity (Wildman–Crippen MR) is 95.2 cm³/mol. The fourth-order valence-electron chi connectivity index (χ4n) is 2.46. The molecule has 0 atom stereocenters. The van der Waals surface area contributed by atoms with Crippen molar-refractivity contribution in [1.82, 2.24) is 9.88 Å². The second kappa shape index (κ2) is 7.37. The molecule has 0 radical (unpaired) electrons. The number of rotatable bonds is 5. The van der Waals surface area contributed by atoms with Crippen LogP contribution in [0.25, 0.3) is 0 Å². The lowest BCUT2D eigenvalue weighted by Crippen LogP contribution is -2.35. The first kappa shape index (κ1) is 17.6. The van der Waals surface area contributed by atoms with Crippen molar-refractivity contribution in [2.75, 3.05) is 31.0 Å². The summed E-state index contributed by atoms with van der Waals surface area (Å²) >= 11 is 7.36. The highest BCUT2D eigenvalue weighted by atomic mass is 35.5. The smallest absolute Gasteiger partial charge is 0.263 e. The molecular weight excluding hydrogens is 370 g/mol. The van der Waals surface area contributed by atoms with Gasteiger partial charge in [0.1, 0.15) is 0 Å². The van der Waals surface area contributed by atoms with E-state index in [-0.39, 0.29) is 4.90 Å². The molecule has 0 amide bonds. The summed E-state index contributed by atoms with van der Waals surface area (Å²) < 4.78 is 32.9. The summed E-state index contributed by atoms with van der Waals surface area (Å²) in [6.07, 6.45) is 1.71. The molecule has 0 bridgehead atoms. The summed E-state index contributed by atoms with van der Waals surface area (Å²) in [7, 11) is -3.71. The summed E-state index contributed by atoms with van der Waals surface area (Å²) in [5, 5.41) is 0.780. The van der Waals surface area contributed by atoms with Gasteiger partial charge in [0, 0.05) is 35.7 Å². The number of nitrogens with zero attached hydrogens (tertiary/aromatic N) is 2. The van der Waals surface area contributed by atoms with E-state index in [0.717, 1.165) is 37.7 Å². The van der Waals surface area contributed by atoms with Gasteiger partial charge in [-0.05, 0) is 24.6 Å². The van der Waals surface area contributed by atoms with Crippen LogP contribution in [0.3, 0.4) is 0 Å². The van der Waals surface area contributed by atoms with Crippen molar-refractivity contribution in [3.05, 3.63) is 39.9 Å². The lowest BCUT2D eigenvalue weighted by atomic mass is 10.2. The van der Waals surface area contributed by atoms with Gasteiger partial charge in [0.25, 0.3) is 10.0 Å². The molecular formula is C15H18ClN3O3S2. The highest BCUT2D eigenvalue weighted by Crippen LogP contribution is 2.27. The maximum absolute atomic E-state index is 12.5. The quantitative estimate of drug-likeness (QED) is 0.854. The third-order valence-electron chi connectivity index (χ3n) is 3.77. The van der Waals surface area contributed by atoms with Gasteiger partial charge < -0.3 is 4.74 Å². The maximum Gasteiger partial charge on any atom is 0.263 e. The van der Waals surface area contributed by atoms with Gasteiger partial charge in [-0.25, -0.2) is 13.4 Å². The van der Waals surface area contributed by atoms with Gasteiger partial charge in [-0.3, -0.25) is 9.62 Å². The number of aromatic nitrogens is 1. The van der Waals surface area contributed by atoms with Gasteiger partial charge in [-0.15, -0.1) is 0 Å². The van der Waals surface area contributed by atoms with E-state index < -0.39 is 10.0 Å². The number of hydrogen-bond acceptors (Lipinski definition) is 6. The third kappa shape index (κ3) is 4.07. The molecule has 1 aromatic carbocycles. The second-order valence-corrected chi connectivity index (χ2v) is 8.66. The molecule has 0 saturated carbocycles. The van der Waals surface area contributed by atoms with Crippen molar-refractivity contribution < 1.29 is 13.2 Å². The van der Waals surface area contributed by atoms with Crippen molar-refractivity contribution >= 4 is 38.1 Å². The summed E-state index contributed by atoms with van der Waals surface area (Å²) in [6, 6.07) is 4.82. The fourth-order valence-corrected chi connectivity index (χ4v) is 5.05. The van der Waals surface area contributed by atoms with E-state index in [4.69, 9.17) is 16.3 Å². The largest absolute Gasteiger partial charge is 0.379 e. The number of ether oxygens (including phenoxy) is 1. The molecule has 130 valence electrons. The third-order valence-corrected chi connectivity index (χ3v) is 6.69. The van der Waals surface area contributed by atoms with Gasteiger partial charge >= 0.3 is 0 Å². The Balaban J connectivity index is 1.72. The number of nitrogens with one attached hydrogen (secondary N) is 1. The number of benzene rings is 1. The van der Waals surface area contributed by atoms with Crippen molar-refractivity contribution in [3.63, 3.8) is 0 Å². The Hall–Kier alpha value is -1.19. The topological polar surface area (TPSA) is 71.5 Å². The van der Waals surface area contributed by atoms with Crippen LogP contribution in [-0.4, -0.2) is 44.6 Å². The zero-order valence-corrected chi connectivity index (χ0v) is 15.5. The summed E-state index contributed by atoms with van der Waals surface area (Å²) in [4.78, 5) is 7.62. The highest BCUT2D eigenvalue weighted by molar-refractivity contribution is 7.93. The monoisotopic (exact) mass is 387 g/mol. The molecule has 24 heavy (non-hydrogen) atoms. The van der Waals surface area contributed by atoms with E-state index in [1.807, 2.05) is 0 Å². The first-order chi connectivity index (χ1) is 11.5. The van der Waals surface area contributed by atoms with Crippen LogP contribution in [0.1, 0.15) is 10.4 Å². The molecule has 0 aliphatic carbocycles. The van der Waals surface area contributed by atoms with Gasteiger partial charge in [0.05, 0.1) is 18.1 Å². The molecule has 1 saturated heterocycles. The Bertz CT molecular complexity index is 817. The van der Waals surface area contributed by atoms with Gasteiger partial charge in [-0.2, -0.15) is 0 Å². The molecule has 1 aliphatic heterocycles. The summed E-state index contributed by atoms with van der Waals surface area (Å²) in [5.74, 6) is 0. The lowest BCUT2D eigenvalue weighted by molar-refractivity contribution is 0.0346. The Labute approximate surface area is 150 Å². The van der Waals surface area contributed by atoms with E-state index in [1.165, 1.54) is 17.4 Å². The highest BCUT2D eigenvalue weighted by Gasteiger charge is 2.20. The first-order valence-electron chi connectivity index (χ1n) is 7.48. The lowest BCUT2D eigenvalue weighted by Gasteiger charge is -2.25. The molecule has 6 nitrogen and oxygen atoms in total. The van der Waals surface area contributed by atoms with Crippen LogP contribution >= 0.6 is 22.9 Å². The van der Waals surface area contributed by atoms with Crippen LogP contribution in [-0.2, 0) is 21.3 Å². The first-order valence-corrected chi connectivity index (χ1v) is 10.2. The molecule has 2 aromatic rings. The number of sulfonamides is 1. The Morgan fingerprint density at radius 3 is 2.88 bits per heavy atom. The maximum atomic E-state index is 12.5. The van der Waals surface area contributed by atoms with Crippen molar-refractivity contribution in [3.8, 4) is 0 Å². The van der Waals surface area contributed by atoms with Gasteiger partial charge in [-0.1, -0.05) is 29.0 Å². The summed E-state index contributed by atoms with van der Waals surface area (Å²) in [6.45, 7) is 5.64. The van der Waals surface area contributed by atoms with E-state index in [0.29, 0.717) is 15.7 Å². The molecule has 9 heteroatoms. The predicted octanol–water partition coefficient (Wildman–Crippen LogP) is 2.74. The van der Waals surface area contributed by atoms with E-state index in [1.54, 1.807) is 25.3 Å². The number of hydrogen-bond donors (Lipinski definition) is 1. The molecule has 1 N–H and O–H groups in total. The number of thiazole rings is 1. The second-order valence-electron chi connectivity index (χ2n) is 5.49. The fraction of sp³-hybridized carbons (Fsp3) is 0.400. The van der Waals surface area contributed by atoms with E-state index >= 15 is 0 Å². The Morgan fingerprint density at radius 2 is 2.12 bits per heavy atom. The van der Waals surface area contributed by atoms with Crippen molar-refractivity contribution in [2.24, 2.45) is 0 Å². The molecule has 0 unspecified atom stereocenters. The number of morpholine rings is 1. The van der Waals surface area contributed by atoms with Crippen LogP contribution in [0, 0.1) is 6.92 Å². The standard InChI is InChI=1S/C15H18ClN3O3S2/c1-11-13(16)3-2-4-14(11)24(20,21)18-15-17-9-12(23-15)10-19-5-7-22-8-6-19/h2-4,9H,5-8,10H2,1H3,(H,17,18). The van der Waals surface area contributed by atoms with Crippen LogP contribution in [0.15, 0.2) is 29.3 Å². The van der Waals surface area contributed by atoms with Crippen LogP contribution < -0.4 is 4.72 Å². The molecule has 1 aliphatic rings. The average Bonchev–Trinajstić information content (AvgIpc) is 2.97. The SMILES string of the molecule is Cc1c(Cl)cccc1S(=O)(=O)Nc1ncc(CN2CCOCC2)s1. The molecule has 2 heterocycles. The zero-order chi connectivity index (χ0) is 17.2. The molecule has 3 rings (SSSR count). The van der Waals surface area contributed by atoms with Crippen LogP contribution in [0.4, 0.5) is 5.13 Å². The van der Waals surface area contributed by atoms with E-state index in [2.05, 4.69) is 14.6 Å². The van der Waals surface area contributed by atoms with Crippen molar-refractivity contribution in [1.29, 1.82) is 0 Å². The Morgan fingerprint density at radius 1 is 1.38 bits per heavy atom. The van der Waals surface area contributed by atoms with Crippen LogP contribution in [0.2, 0.25) is 5.02 Å². The number of anilines is 1. The normalized spacial score (nSPS) is 16.2. The number of halogens is 1. The minimum Gasteiger partial charge on any atom is -0.379 e.